The third-order valence-electron chi connectivity index (χ3n) is 3.57. The molecule has 1 aromatic rings. The Morgan fingerprint density at radius 3 is 2.28 bits per heavy atom. The minimum atomic E-state index is -1.05. The van der Waals surface area contributed by atoms with E-state index in [1.165, 1.54) is 0 Å². The molecule has 7 heteroatoms. The fourth-order valence-corrected chi connectivity index (χ4v) is 2.31. The molecule has 1 atom stereocenters. The zero-order valence-electron chi connectivity index (χ0n) is 14.6. The smallest absolute Gasteiger partial charge is 0.303 e. The highest BCUT2D eigenvalue weighted by Gasteiger charge is 2.21. The van der Waals surface area contributed by atoms with Gasteiger partial charge < -0.3 is 20.8 Å². The Morgan fingerprint density at radius 2 is 1.72 bits per heavy atom. The van der Waals surface area contributed by atoms with Crippen LogP contribution in [0.5, 0.6) is 5.75 Å². The summed E-state index contributed by atoms with van der Waals surface area (Å²) in [5, 5.41) is 23.3. The molecule has 0 radical (unpaired) electrons. The van der Waals surface area contributed by atoms with Crippen molar-refractivity contribution in [3.8, 4) is 5.75 Å². The van der Waals surface area contributed by atoms with Crippen molar-refractivity contribution >= 4 is 17.8 Å². The minimum absolute atomic E-state index is 0.148. The molecule has 138 valence electrons. The van der Waals surface area contributed by atoms with Gasteiger partial charge in [-0.05, 0) is 36.5 Å². The van der Waals surface area contributed by atoms with E-state index < -0.39 is 17.9 Å². The van der Waals surface area contributed by atoms with E-state index in [0.29, 0.717) is 19.4 Å². The number of aromatic hydroxyl groups is 1. The number of phenols is 1. The summed E-state index contributed by atoms with van der Waals surface area (Å²) < 4.78 is 0. The average Bonchev–Trinajstić information content (AvgIpc) is 2.53. The van der Waals surface area contributed by atoms with Crippen LogP contribution in [0.4, 0.5) is 0 Å². The van der Waals surface area contributed by atoms with Crippen LogP contribution in [0.2, 0.25) is 0 Å². The van der Waals surface area contributed by atoms with Gasteiger partial charge in [-0.1, -0.05) is 26.0 Å². The van der Waals surface area contributed by atoms with E-state index in [-0.39, 0.29) is 30.4 Å². The number of carboxylic acid groups (broad SMARTS) is 1. The number of carbonyl (C=O) groups excluding carboxylic acids is 2. The fourth-order valence-electron chi connectivity index (χ4n) is 2.31. The topological polar surface area (TPSA) is 116 Å². The lowest BCUT2D eigenvalue weighted by molar-refractivity contribution is -0.139. The summed E-state index contributed by atoms with van der Waals surface area (Å²) in [4.78, 5) is 34.6. The maximum atomic E-state index is 12.3. The van der Waals surface area contributed by atoms with Crippen molar-refractivity contribution < 1.29 is 24.6 Å². The molecule has 0 saturated heterocycles. The predicted molar refractivity (Wildman–Crippen MR) is 93.1 cm³/mol. The van der Waals surface area contributed by atoms with Crippen molar-refractivity contribution in [1.82, 2.24) is 10.6 Å². The second-order valence-corrected chi connectivity index (χ2v) is 6.35. The van der Waals surface area contributed by atoms with E-state index in [4.69, 9.17) is 5.11 Å². The van der Waals surface area contributed by atoms with Crippen molar-refractivity contribution in [1.29, 1.82) is 0 Å². The molecule has 1 rings (SSSR count). The van der Waals surface area contributed by atoms with Crippen LogP contribution in [-0.4, -0.2) is 40.6 Å². The average molecular weight is 350 g/mol. The van der Waals surface area contributed by atoms with Crippen molar-refractivity contribution in [3.05, 3.63) is 29.8 Å². The Morgan fingerprint density at radius 1 is 1.08 bits per heavy atom. The number of benzene rings is 1. The minimum Gasteiger partial charge on any atom is -0.508 e. The number of amides is 2. The van der Waals surface area contributed by atoms with E-state index in [0.717, 1.165) is 5.56 Å². The van der Waals surface area contributed by atoms with Crippen LogP contribution < -0.4 is 10.6 Å². The Hall–Kier alpha value is -2.57. The molecule has 0 bridgehead atoms. The van der Waals surface area contributed by atoms with Gasteiger partial charge >= 0.3 is 5.97 Å². The van der Waals surface area contributed by atoms with E-state index in [2.05, 4.69) is 10.6 Å². The maximum absolute atomic E-state index is 12.3. The summed E-state index contributed by atoms with van der Waals surface area (Å²) in [6, 6.07) is 6.05. The van der Waals surface area contributed by atoms with E-state index >= 15 is 0 Å². The first-order valence-corrected chi connectivity index (χ1v) is 8.34. The number of hydrogen-bond donors (Lipinski definition) is 4. The fraction of sp³-hybridized carbons (Fsp3) is 0.500. The highest BCUT2D eigenvalue weighted by atomic mass is 16.4. The van der Waals surface area contributed by atoms with Gasteiger partial charge in [0.15, 0.2) is 0 Å². The quantitative estimate of drug-likeness (QED) is 0.510. The first-order chi connectivity index (χ1) is 11.8. The van der Waals surface area contributed by atoms with Crippen LogP contribution >= 0.6 is 0 Å². The van der Waals surface area contributed by atoms with Gasteiger partial charge in [0.2, 0.25) is 11.8 Å². The molecule has 0 unspecified atom stereocenters. The Kier molecular flexibility index (Phi) is 8.46. The number of nitrogens with one attached hydrogen (secondary N) is 2. The number of carboxylic acids is 1. The van der Waals surface area contributed by atoms with Crippen molar-refractivity contribution in [2.45, 2.75) is 45.6 Å². The standard InChI is InChI=1S/C18H26N2O5/c1-12(2)11-15(20-16(22)7-8-17(23)24)18(25)19-10-9-13-3-5-14(21)6-4-13/h3-6,12,15,21H,7-11H2,1-2H3,(H,19,25)(H,20,22)(H,23,24)/t15-/m0/s1. The molecule has 25 heavy (non-hydrogen) atoms. The van der Waals surface area contributed by atoms with Crippen LogP contribution in [0.3, 0.4) is 0 Å². The lowest BCUT2D eigenvalue weighted by Crippen LogP contribution is -2.47. The first-order valence-electron chi connectivity index (χ1n) is 8.34. The highest BCUT2D eigenvalue weighted by molar-refractivity contribution is 5.88. The molecule has 7 nitrogen and oxygen atoms in total. The molecular weight excluding hydrogens is 324 g/mol. The number of aliphatic carboxylic acids is 1. The maximum Gasteiger partial charge on any atom is 0.303 e. The van der Waals surface area contributed by atoms with Gasteiger partial charge in [0, 0.05) is 13.0 Å². The number of phenolic OH excluding ortho intramolecular Hbond substituents is 1. The summed E-state index contributed by atoms with van der Waals surface area (Å²) in [6.45, 7) is 4.30. The molecule has 0 aliphatic carbocycles. The molecule has 0 spiro atoms. The van der Waals surface area contributed by atoms with Crippen LogP contribution in [0.1, 0.15) is 38.7 Å². The monoisotopic (exact) mass is 350 g/mol. The van der Waals surface area contributed by atoms with Crippen molar-refractivity contribution in [2.75, 3.05) is 6.54 Å². The lowest BCUT2D eigenvalue weighted by Gasteiger charge is -2.20. The number of rotatable bonds is 10. The molecule has 0 aliphatic heterocycles. The summed E-state index contributed by atoms with van der Waals surface area (Å²) in [5.41, 5.74) is 0.976. The van der Waals surface area contributed by atoms with Crippen LogP contribution in [0.15, 0.2) is 24.3 Å². The summed E-state index contributed by atoms with van der Waals surface area (Å²) in [6.07, 6.45) is 0.671. The third kappa shape index (κ3) is 8.74. The largest absolute Gasteiger partial charge is 0.508 e. The molecule has 2 amide bonds. The lowest BCUT2D eigenvalue weighted by atomic mass is 10.0. The van der Waals surface area contributed by atoms with Gasteiger partial charge in [0.05, 0.1) is 6.42 Å². The van der Waals surface area contributed by atoms with Crippen molar-refractivity contribution in [2.24, 2.45) is 5.92 Å². The molecule has 0 aromatic heterocycles. The Labute approximate surface area is 147 Å². The normalized spacial score (nSPS) is 11.8. The molecular formula is C18H26N2O5. The molecule has 0 saturated carbocycles. The van der Waals surface area contributed by atoms with Crippen LogP contribution in [-0.2, 0) is 20.8 Å². The Balaban J connectivity index is 2.50. The first kappa shape index (κ1) is 20.5. The summed E-state index contributed by atoms with van der Waals surface area (Å²) in [7, 11) is 0. The Bertz CT molecular complexity index is 584. The summed E-state index contributed by atoms with van der Waals surface area (Å²) >= 11 is 0. The van der Waals surface area contributed by atoms with E-state index in [1.807, 2.05) is 13.8 Å². The predicted octanol–water partition coefficient (Wildman–Crippen LogP) is 1.45. The molecule has 0 heterocycles. The zero-order valence-corrected chi connectivity index (χ0v) is 14.6. The molecule has 0 aliphatic rings. The van der Waals surface area contributed by atoms with Gasteiger partial charge in [-0.2, -0.15) is 0 Å². The van der Waals surface area contributed by atoms with Gasteiger partial charge in [-0.3, -0.25) is 14.4 Å². The third-order valence-corrected chi connectivity index (χ3v) is 3.57. The number of carbonyl (C=O) groups is 3. The second kappa shape index (κ2) is 10.3. The van der Waals surface area contributed by atoms with Crippen molar-refractivity contribution in [3.63, 3.8) is 0 Å². The van der Waals surface area contributed by atoms with Gasteiger partial charge in [0.25, 0.3) is 0 Å². The molecule has 4 N–H and O–H groups in total. The van der Waals surface area contributed by atoms with Gasteiger partial charge in [0.1, 0.15) is 11.8 Å². The van der Waals surface area contributed by atoms with E-state index in [9.17, 15) is 19.5 Å². The SMILES string of the molecule is CC(C)C[C@H](NC(=O)CCC(=O)O)C(=O)NCCc1ccc(O)cc1. The zero-order chi connectivity index (χ0) is 18.8. The van der Waals surface area contributed by atoms with E-state index in [1.54, 1.807) is 24.3 Å². The second-order valence-electron chi connectivity index (χ2n) is 6.35. The van der Waals surface area contributed by atoms with Crippen LogP contribution in [0.25, 0.3) is 0 Å². The van der Waals surface area contributed by atoms with Crippen LogP contribution in [0, 0.1) is 5.92 Å². The molecule has 0 fully saturated rings. The van der Waals surface area contributed by atoms with Gasteiger partial charge in [-0.25, -0.2) is 0 Å². The number of hydrogen-bond acceptors (Lipinski definition) is 4. The van der Waals surface area contributed by atoms with Gasteiger partial charge in [-0.15, -0.1) is 0 Å². The summed E-state index contributed by atoms with van der Waals surface area (Å²) in [5.74, 6) is -1.38. The highest BCUT2D eigenvalue weighted by Crippen LogP contribution is 2.10. The molecule has 1 aromatic carbocycles.